The van der Waals surface area contributed by atoms with Gasteiger partial charge in [-0.2, -0.15) is 0 Å². The van der Waals surface area contributed by atoms with Gasteiger partial charge in [0.2, 0.25) is 5.91 Å². The lowest BCUT2D eigenvalue weighted by molar-refractivity contribution is -0.117. The molecule has 1 aromatic carbocycles. The minimum atomic E-state index is -0.256. The van der Waals surface area contributed by atoms with Crippen molar-refractivity contribution in [3.8, 4) is 5.75 Å². The van der Waals surface area contributed by atoms with Crippen LogP contribution in [0.3, 0.4) is 0 Å². The molecule has 0 atom stereocenters. The molecule has 0 bridgehead atoms. The number of nitrogens with zero attached hydrogens (tertiary/aromatic N) is 2. The van der Waals surface area contributed by atoms with E-state index >= 15 is 0 Å². The largest absolute Gasteiger partial charge is 0.494 e. The molecule has 6 heteroatoms. The Kier molecular flexibility index (Phi) is 4.74. The van der Waals surface area contributed by atoms with E-state index in [0.29, 0.717) is 30.2 Å². The third-order valence-electron chi connectivity index (χ3n) is 3.78. The third-order valence-corrected chi connectivity index (χ3v) is 3.78. The highest BCUT2D eigenvalue weighted by atomic mass is 16.5. The Balaban J connectivity index is 1.68. The summed E-state index contributed by atoms with van der Waals surface area (Å²) < 4.78 is 5.40. The monoisotopic (exact) mass is 325 g/mol. The van der Waals surface area contributed by atoms with Crippen LogP contribution in [0.25, 0.3) is 0 Å². The van der Waals surface area contributed by atoms with Gasteiger partial charge in [0.15, 0.2) is 0 Å². The van der Waals surface area contributed by atoms with Gasteiger partial charge in [-0.15, -0.1) is 0 Å². The van der Waals surface area contributed by atoms with Crippen molar-refractivity contribution >= 4 is 23.3 Å². The molecule has 0 unspecified atom stereocenters. The van der Waals surface area contributed by atoms with Crippen LogP contribution in [0.4, 0.5) is 11.5 Å². The highest BCUT2D eigenvalue weighted by Crippen LogP contribution is 2.21. The highest BCUT2D eigenvalue weighted by molar-refractivity contribution is 6.04. The molecule has 2 heterocycles. The van der Waals surface area contributed by atoms with Crippen molar-refractivity contribution in [3.63, 3.8) is 0 Å². The smallest absolute Gasteiger partial charge is 0.256 e. The van der Waals surface area contributed by atoms with Gasteiger partial charge in [-0.25, -0.2) is 4.98 Å². The van der Waals surface area contributed by atoms with E-state index in [9.17, 15) is 9.59 Å². The number of hydrogen-bond acceptors (Lipinski definition) is 4. The summed E-state index contributed by atoms with van der Waals surface area (Å²) in [6.45, 7) is 3.16. The van der Waals surface area contributed by atoms with Crippen molar-refractivity contribution in [2.24, 2.45) is 0 Å². The molecule has 1 fully saturated rings. The lowest BCUT2D eigenvalue weighted by atomic mass is 10.2. The van der Waals surface area contributed by atoms with Gasteiger partial charge in [-0.3, -0.25) is 9.59 Å². The summed E-state index contributed by atoms with van der Waals surface area (Å²) in [5.74, 6) is 0.952. The Morgan fingerprint density at radius 3 is 2.88 bits per heavy atom. The maximum Gasteiger partial charge on any atom is 0.256 e. The minimum Gasteiger partial charge on any atom is -0.494 e. The summed E-state index contributed by atoms with van der Waals surface area (Å²) in [5, 5.41) is 2.75. The molecule has 1 aliphatic heterocycles. The maximum atomic E-state index is 12.3. The standard InChI is InChI=1S/C18H19N3O3/c1-2-24-15-6-3-5-13(11-15)18(23)20-16-9-8-14(12-19-16)21-10-4-7-17(21)22/h3,5-6,8-9,11-12H,2,4,7,10H2,1H3,(H,19,20,23). The molecule has 6 nitrogen and oxygen atoms in total. The van der Waals surface area contributed by atoms with Gasteiger partial charge in [0.05, 0.1) is 18.5 Å². The zero-order valence-corrected chi connectivity index (χ0v) is 13.5. The number of aromatic nitrogens is 1. The van der Waals surface area contributed by atoms with Crippen LogP contribution in [0.5, 0.6) is 5.75 Å². The minimum absolute atomic E-state index is 0.112. The SMILES string of the molecule is CCOc1cccc(C(=O)Nc2ccc(N3CCCC3=O)cn2)c1. The highest BCUT2D eigenvalue weighted by Gasteiger charge is 2.21. The zero-order chi connectivity index (χ0) is 16.9. The van der Waals surface area contributed by atoms with Crippen LogP contribution in [0, 0.1) is 0 Å². The summed E-state index contributed by atoms with van der Waals surface area (Å²) in [6.07, 6.45) is 3.05. The van der Waals surface area contributed by atoms with E-state index in [4.69, 9.17) is 4.74 Å². The van der Waals surface area contributed by atoms with Gasteiger partial charge in [-0.1, -0.05) is 6.07 Å². The molecule has 0 aliphatic carbocycles. The molecule has 124 valence electrons. The van der Waals surface area contributed by atoms with Crippen LogP contribution in [0.15, 0.2) is 42.6 Å². The summed E-state index contributed by atoms with van der Waals surface area (Å²) in [5.41, 5.74) is 1.26. The molecule has 1 aliphatic rings. The zero-order valence-electron chi connectivity index (χ0n) is 13.5. The Labute approximate surface area is 140 Å². The first kappa shape index (κ1) is 16.0. The number of rotatable bonds is 5. The van der Waals surface area contributed by atoms with Crippen LogP contribution in [-0.4, -0.2) is 29.9 Å². The fourth-order valence-corrected chi connectivity index (χ4v) is 2.62. The lowest BCUT2D eigenvalue weighted by Gasteiger charge is -2.15. The van der Waals surface area contributed by atoms with Gasteiger partial charge in [0.25, 0.3) is 5.91 Å². The van der Waals surface area contributed by atoms with Crippen molar-refractivity contribution in [3.05, 3.63) is 48.2 Å². The van der Waals surface area contributed by atoms with Crippen LogP contribution >= 0.6 is 0 Å². The first-order chi connectivity index (χ1) is 11.7. The van der Waals surface area contributed by atoms with Gasteiger partial charge in [0, 0.05) is 18.5 Å². The van der Waals surface area contributed by atoms with E-state index in [1.54, 1.807) is 47.5 Å². The molecule has 1 saturated heterocycles. The number of anilines is 2. The van der Waals surface area contributed by atoms with Crippen molar-refractivity contribution in [2.45, 2.75) is 19.8 Å². The van der Waals surface area contributed by atoms with E-state index in [1.807, 2.05) is 6.92 Å². The molecular weight excluding hydrogens is 306 g/mol. The van der Waals surface area contributed by atoms with Crippen molar-refractivity contribution in [1.29, 1.82) is 0 Å². The summed E-state index contributed by atoms with van der Waals surface area (Å²) in [4.78, 5) is 30.0. The summed E-state index contributed by atoms with van der Waals surface area (Å²) >= 11 is 0. The molecule has 3 rings (SSSR count). The van der Waals surface area contributed by atoms with Gasteiger partial charge >= 0.3 is 0 Å². The van der Waals surface area contributed by atoms with E-state index in [2.05, 4.69) is 10.3 Å². The number of pyridine rings is 1. The van der Waals surface area contributed by atoms with E-state index in [1.165, 1.54) is 0 Å². The second-order valence-corrected chi connectivity index (χ2v) is 5.47. The molecule has 24 heavy (non-hydrogen) atoms. The van der Waals surface area contributed by atoms with E-state index in [-0.39, 0.29) is 11.8 Å². The second kappa shape index (κ2) is 7.12. The number of carbonyl (C=O) groups is 2. The van der Waals surface area contributed by atoms with Gasteiger partial charge < -0.3 is 15.0 Å². The van der Waals surface area contributed by atoms with Crippen LogP contribution in [0.1, 0.15) is 30.1 Å². The Morgan fingerprint density at radius 1 is 1.33 bits per heavy atom. The van der Waals surface area contributed by atoms with Crippen molar-refractivity contribution in [1.82, 2.24) is 4.98 Å². The predicted molar refractivity (Wildman–Crippen MR) is 91.4 cm³/mol. The molecule has 2 amide bonds. The molecular formula is C18H19N3O3. The fourth-order valence-electron chi connectivity index (χ4n) is 2.62. The van der Waals surface area contributed by atoms with Gasteiger partial charge in [-0.05, 0) is 43.7 Å². The number of carbonyl (C=O) groups excluding carboxylic acids is 2. The Morgan fingerprint density at radius 2 is 2.21 bits per heavy atom. The first-order valence-corrected chi connectivity index (χ1v) is 7.98. The van der Waals surface area contributed by atoms with E-state index in [0.717, 1.165) is 18.7 Å². The number of ether oxygens (including phenoxy) is 1. The Hall–Kier alpha value is -2.89. The molecule has 2 aromatic rings. The molecule has 0 saturated carbocycles. The topological polar surface area (TPSA) is 71.5 Å². The van der Waals surface area contributed by atoms with Gasteiger partial charge in [0.1, 0.15) is 11.6 Å². The first-order valence-electron chi connectivity index (χ1n) is 7.98. The number of benzene rings is 1. The molecule has 1 aromatic heterocycles. The van der Waals surface area contributed by atoms with Crippen molar-refractivity contribution < 1.29 is 14.3 Å². The average molecular weight is 325 g/mol. The quantitative estimate of drug-likeness (QED) is 0.917. The van der Waals surface area contributed by atoms with Crippen LogP contribution in [-0.2, 0) is 4.79 Å². The fraction of sp³-hybridized carbons (Fsp3) is 0.278. The van der Waals surface area contributed by atoms with Crippen LogP contribution < -0.4 is 15.0 Å². The van der Waals surface area contributed by atoms with Crippen molar-refractivity contribution in [2.75, 3.05) is 23.4 Å². The molecule has 0 spiro atoms. The predicted octanol–water partition coefficient (Wildman–Crippen LogP) is 2.86. The third kappa shape index (κ3) is 3.53. The second-order valence-electron chi connectivity index (χ2n) is 5.47. The molecule has 1 N–H and O–H groups in total. The average Bonchev–Trinajstić information content (AvgIpc) is 3.02. The summed E-state index contributed by atoms with van der Waals surface area (Å²) in [6, 6.07) is 10.5. The normalized spacial score (nSPS) is 13.9. The summed E-state index contributed by atoms with van der Waals surface area (Å²) in [7, 11) is 0. The van der Waals surface area contributed by atoms with E-state index < -0.39 is 0 Å². The lowest BCUT2D eigenvalue weighted by Crippen LogP contribution is -2.23. The number of hydrogen-bond donors (Lipinski definition) is 1. The maximum absolute atomic E-state index is 12.3. The Bertz CT molecular complexity index is 743. The van der Waals surface area contributed by atoms with Crippen LogP contribution in [0.2, 0.25) is 0 Å². The molecule has 0 radical (unpaired) electrons. The number of amides is 2. The number of nitrogens with one attached hydrogen (secondary N) is 1.